The van der Waals surface area contributed by atoms with Gasteiger partial charge in [-0.25, -0.2) is 4.98 Å². The van der Waals surface area contributed by atoms with Crippen molar-refractivity contribution < 1.29 is 18.3 Å². The van der Waals surface area contributed by atoms with Crippen LogP contribution in [0.1, 0.15) is 13.0 Å². The van der Waals surface area contributed by atoms with Gasteiger partial charge in [0.15, 0.2) is 5.16 Å². The molecule has 2 rings (SSSR count). The van der Waals surface area contributed by atoms with Crippen LogP contribution in [0.5, 0.6) is 0 Å². The number of esters is 1. The minimum atomic E-state index is -2.66. The van der Waals surface area contributed by atoms with Crippen molar-refractivity contribution in [1.29, 1.82) is 0 Å². The predicted molar refractivity (Wildman–Crippen MR) is 68.3 cm³/mol. The molecule has 0 aliphatic rings. The summed E-state index contributed by atoms with van der Waals surface area (Å²) in [7, 11) is 1.29. The SMILES string of the molecule is COC(=O)CCSc1nc2ccccc2n1C(F)F. The molecule has 0 atom stereocenters. The highest BCUT2D eigenvalue weighted by Crippen LogP contribution is 2.29. The van der Waals surface area contributed by atoms with Gasteiger partial charge in [0.1, 0.15) is 0 Å². The summed E-state index contributed by atoms with van der Waals surface area (Å²) < 4.78 is 31.5. The fourth-order valence-corrected chi connectivity index (χ4v) is 2.57. The first kappa shape index (κ1) is 13.8. The van der Waals surface area contributed by atoms with Crippen molar-refractivity contribution >= 4 is 28.8 Å². The molecule has 7 heteroatoms. The average molecular weight is 286 g/mol. The second kappa shape index (κ2) is 6.01. The Hall–Kier alpha value is -1.63. The van der Waals surface area contributed by atoms with Gasteiger partial charge in [-0.2, -0.15) is 8.78 Å². The van der Waals surface area contributed by atoms with E-state index in [0.717, 1.165) is 16.3 Å². The van der Waals surface area contributed by atoms with Crippen molar-refractivity contribution in [2.24, 2.45) is 0 Å². The number of nitrogens with zero attached hydrogens (tertiary/aromatic N) is 2. The largest absolute Gasteiger partial charge is 0.469 e. The number of fused-ring (bicyclic) bond motifs is 1. The summed E-state index contributed by atoms with van der Waals surface area (Å²) in [5, 5.41) is 0.208. The van der Waals surface area contributed by atoms with Crippen LogP contribution in [0.4, 0.5) is 8.78 Å². The maximum atomic E-state index is 13.1. The predicted octanol–water partition coefficient (Wildman–Crippen LogP) is 3.09. The number of halogens is 2. The highest BCUT2D eigenvalue weighted by atomic mass is 32.2. The molecule has 4 nitrogen and oxygen atoms in total. The van der Waals surface area contributed by atoms with Crippen LogP contribution >= 0.6 is 11.8 Å². The van der Waals surface area contributed by atoms with Gasteiger partial charge in [-0.05, 0) is 12.1 Å². The maximum absolute atomic E-state index is 13.1. The van der Waals surface area contributed by atoms with Crippen LogP contribution in [0.25, 0.3) is 11.0 Å². The molecule has 1 aromatic carbocycles. The Morgan fingerprint density at radius 3 is 2.89 bits per heavy atom. The van der Waals surface area contributed by atoms with Crippen LogP contribution in [-0.4, -0.2) is 28.4 Å². The summed E-state index contributed by atoms with van der Waals surface area (Å²) in [5.41, 5.74) is 0.904. The monoisotopic (exact) mass is 286 g/mol. The van der Waals surface area contributed by atoms with Gasteiger partial charge in [0.2, 0.25) is 0 Å². The highest BCUT2D eigenvalue weighted by Gasteiger charge is 2.17. The minimum absolute atomic E-state index is 0.160. The number of imidazole rings is 1. The summed E-state index contributed by atoms with van der Waals surface area (Å²) in [6, 6.07) is 6.71. The van der Waals surface area contributed by atoms with Crippen molar-refractivity contribution in [3.63, 3.8) is 0 Å². The molecular weight excluding hydrogens is 274 g/mol. The number of hydrogen-bond donors (Lipinski definition) is 0. The number of alkyl halides is 2. The van der Waals surface area contributed by atoms with E-state index < -0.39 is 6.55 Å². The molecule has 0 N–H and O–H groups in total. The highest BCUT2D eigenvalue weighted by molar-refractivity contribution is 7.99. The Morgan fingerprint density at radius 2 is 2.21 bits per heavy atom. The quantitative estimate of drug-likeness (QED) is 0.626. The number of ether oxygens (including phenoxy) is 1. The number of thioether (sulfide) groups is 1. The summed E-state index contributed by atoms with van der Waals surface area (Å²) in [6.45, 7) is -2.66. The molecule has 2 aromatic rings. The zero-order valence-electron chi connectivity index (χ0n) is 10.2. The number of carbonyl (C=O) groups is 1. The molecule has 0 aliphatic heterocycles. The molecule has 0 spiro atoms. The van der Waals surface area contributed by atoms with E-state index in [2.05, 4.69) is 9.72 Å². The molecule has 0 amide bonds. The Kier molecular flexibility index (Phi) is 4.36. The van der Waals surface area contributed by atoms with Crippen LogP contribution in [0.2, 0.25) is 0 Å². The zero-order valence-corrected chi connectivity index (χ0v) is 11.0. The number of aromatic nitrogens is 2. The third-order valence-electron chi connectivity index (χ3n) is 2.52. The second-order valence-corrected chi connectivity index (χ2v) is 4.77. The van der Waals surface area contributed by atoms with Crippen molar-refractivity contribution in [2.45, 2.75) is 18.1 Å². The molecule has 1 heterocycles. The number of para-hydroxylation sites is 2. The van der Waals surface area contributed by atoms with Gasteiger partial charge in [0.05, 0.1) is 24.6 Å². The summed E-state index contributed by atoms with van der Waals surface area (Å²) in [6.07, 6.45) is 0.160. The van der Waals surface area contributed by atoms with Gasteiger partial charge >= 0.3 is 12.5 Å². The number of hydrogen-bond acceptors (Lipinski definition) is 4. The van der Waals surface area contributed by atoms with E-state index in [4.69, 9.17) is 0 Å². The lowest BCUT2D eigenvalue weighted by atomic mass is 10.3. The van der Waals surface area contributed by atoms with E-state index in [1.54, 1.807) is 24.3 Å². The average Bonchev–Trinajstić information content (AvgIpc) is 2.76. The molecule has 0 radical (unpaired) electrons. The fraction of sp³-hybridized carbons (Fsp3) is 0.333. The van der Waals surface area contributed by atoms with E-state index in [0.29, 0.717) is 16.8 Å². The maximum Gasteiger partial charge on any atom is 0.321 e. The molecule has 1 aromatic heterocycles. The lowest BCUT2D eigenvalue weighted by molar-refractivity contribution is -0.140. The van der Waals surface area contributed by atoms with Crippen molar-refractivity contribution in [1.82, 2.24) is 9.55 Å². The Balaban J connectivity index is 2.22. The number of carbonyl (C=O) groups excluding carboxylic acids is 1. The lowest BCUT2D eigenvalue weighted by Crippen LogP contribution is -2.03. The molecular formula is C12H12F2N2O2S. The Bertz CT molecular complexity index is 586. The van der Waals surface area contributed by atoms with Gasteiger partial charge in [-0.15, -0.1) is 0 Å². The molecule has 102 valence electrons. The van der Waals surface area contributed by atoms with Gasteiger partial charge < -0.3 is 4.74 Å². The summed E-state index contributed by atoms with van der Waals surface area (Å²) in [5.74, 6) is -0.0184. The van der Waals surface area contributed by atoms with E-state index in [-0.39, 0.29) is 17.5 Å². The normalized spacial score (nSPS) is 11.2. The topological polar surface area (TPSA) is 44.1 Å². The van der Waals surface area contributed by atoms with Crippen LogP contribution in [-0.2, 0) is 9.53 Å². The number of methoxy groups -OCH3 is 1. The smallest absolute Gasteiger partial charge is 0.321 e. The molecule has 0 aliphatic carbocycles. The van der Waals surface area contributed by atoms with E-state index in [1.165, 1.54) is 7.11 Å². The molecule has 0 bridgehead atoms. The third-order valence-corrected chi connectivity index (χ3v) is 3.48. The number of benzene rings is 1. The Labute approximate surface area is 112 Å². The third kappa shape index (κ3) is 3.04. The van der Waals surface area contributed by atoms with Crippen LogP contribution in [0, 0.1) is 0 Å². The van der Waals surface area contributed by atoms with Crippen LogP contribution < -0.4 is 0 Å². The molecule has 0 fully saturated rings. The van der Waals surface area contributed by atoms with Gasteiger partial charge in [-0.1, -0.05) is 23.9 Å². The second-order valence-electron chi connectivity index (χ2n) is 3.71. The standard InChI is InChI=1S/C12H12F2N2O2S/c1-18-10(17)6-7-19-12-15-8-4-2-3-5-9(8)16(12)11(13)14/h2-5,11H,6-7H2,1H3. The fourth-order valence-electron chi connectivity index (χ4n) is 1.64. The first-order valence-corrected chi connectivity index (χ1v) is 6.56. The minimum Gasteiger partial charge on any atom is -0.469 e. The van der Waals surface area contributed by atoms with E-state index in [9.17, 15) is 13.6 Å². The molecule has 0 saturated heterocycles. The molecule has 0 unspecified atom stereocenters. The summed E-state index contributed by atoms with van der Waals surface area (Å²) in [4.78, 5) is 15.1. The van der Waals surface area contributed by atoms with Gasteiger partial charge in [0, 0.05) is 5.75 Å². The first-order chi connectivity index (χ1) is 9.13. The van der Waals surface area contributed by atoms with Crippen molar-refractivity contribution in [3.8, 4) is 0 Å². The van der Waals surface area contributed by atoms with E-state index in [1.807, 2.05) is 0 Å². The Morgan fingerprint density at radius 1 is 1.47 bits per heavy atom. The van der Waals surface area contributed by atoms with Crippen molar-refractivity contribution in [3.05, 3.63) is 24.3 Å². The molecule has 0 saturated carbocycles. The summed E-state index contributed by atoms with van der Waals surface area (Å²) >= 11 is 1.12. The van der Waals surface area contributed by atoms with Crippen molar-refractivity contribution in [2.75, 3.05) is 12.9 Å². The lowest BCUT2D eigenvalue weighted by Gasteiger charge is -2.06. The van der Waals surface area contributed by atoms with Gasteiger partial charge in [0.25, 0.3) is 0 Å². The zero-order chi connectivity index (χ0) is 13.8. The van der Waals surface area contributed by atoms with E-state index >= 15 is 0 Å². The van der Waals surface area contributed by atoms with Crippen LogP contribution in [0.3, 0.4) is 0 Å². The first-order valence-electron chi connectivity index (χ1n) is 5.58. The number of rotatable bonds is 5. The van der Waals surface area contributed by atoms with Gasteiger partial charge in [-0.3, -0.25) is 9.36 Å². The molecule has 19 heavy (non-hydrogen) atoms. The van der Waals surface area contributed by atoms with Crippen LogP contribution in [0.15, 0.2) is 29.4 Å².